The first-order valence-corrected chi connectivity index (χ1v) is 6.16. The van der Waals surface area contributed by atoms with Crippen molar-refractivity contribution in [1.29, 1.82) is 0 Å². The molecule has 0 aliphatic rings. The minimum Gasteiger partial charge on any atom is -0.269 e. The Hall–Kier alpha value is -1.58. The first-order valence-electron chi connectivity index (χ1n) is 6.16. The molecule has 4 nitrogen and oxygen atoms in total. The van der Waals surface area contributed by atoms with E-state index in [-0.39, 0.29) is 0 Å². The Kier molecular flexibility index (Phi) is 3.31. The van der Waals surface area contributed by atoms with Gasteiger partial charge in [-0.25, -0.2) is 0 Å². The van der Waals surface area contributed by atoms with Gasteiger partial charge in [-0.15, -0.1) is 0 Å². The van der Waals surface area contributed by atoms with E-state index in [9.17, 15) is 0 Å². The lowest BCUT2D eigenvalue weighted by atomic mass is 10.1. The maximum absolute atomic E-state index is 4.44. The van der Waals surface area contributed by atoms with E-state index in [0.717, 1.165) is 13.1 Å². The minimum absolute atomic E-state index is 0.489. The molecule has 92 valence electrons. The van der Waals surface area contributed by atoms with Crippen LogP contribution < -0.4 is 0 Å². The van der Waals surface area contributed by atoms with Gasteiger partial charge in [0.15, 0.2) is 0 Å². The summed E-state index contributed by atoms with van der Waals surface area (Å²) in [6.45, 7) is 10.4. The van der Waals surface area contributed by atoms with Crippen molar-refractivity contribution >= 4 is 0 Å². The summed E-state index contributed by atoms with van der Waals surface area (Å²) in [5.74, 6) is 0.489. The summed E-state index contributed by atoms with van der Waals surface area (Å²) in [4.78, 5) is 0. The van der Waals surface area contributed by atoms with Gasteiger partial charge in [0.1, 0.15) is 0 Å². The number of nitrogens with zero attached hydrogens (tertiary/aromatic N) is 4. The Balaban J connectivity index is 2.33. The molecule has 2 heterocycles. The van der Waals surface area contributed by atoms with Crippen LogP contribution in [0.15, 0.2) is 18.5 Å². The van der Waals surface area contributed by atoms with Crippen molar-refractivity contribution in [3.05, 3.63) is 35.4 Å². The van der Waals surface area contributed by atoms with Gasteiger partial charge in [-0.3, -0.25) is 9.36 Å². The molecule has 0 fully saturated rings. The zero-order chi connectivity index (χ0) is 12.4. The first-order chi connectivity index (χ1) is 8.13. The Labute approximate surface area is 102 Å². The summed E-state index contributed by atoms with van der Waals surface area (Å²) in [6.07, 6.45) is 3.81. The average molecular weight is 232 g/mol. The van der Waals surface area contributed by atoms with Crippen molar-refractivity contribution in [1.82, 2.24) is 19.6 Å². The summed E-state index contributed by atoms with van der Waals surface area (Å²) in [5.41, 5.74) is 3.78. The molecule has 0 bridgehead atoms. The molecule has 0 atom stereocenters. The van der Waals surface area contributed by atoms with Gasteiger partial charge in [0.25, 0.3) is 0 Å². The molecular formula is C13H20N4. The van der Waals surface area contributed by atoms with E-state index < -0.39 is 0 Å². The fraction of sp³-hybridized carbons (Fsp3) is 0.538. The molecule has 4 heteroatoms. The highest BCUT2D eigenvalue weighted by Crippen LogP contribution is 2.20. The molecule has 17 heavy (non-hydrogen) atoms. The van der Waals surface area contributed by atoms with Crippen molar-refractivity contribution < 1.29 is 0 Å². The molecule has 0 saturated carbocycles. The van der Waals surface area contributed by atoms with Crippen molar-refractivity contribution in [2.45, 2.75) is 46.7 Å². The van der Waals surface area contributed by atoms with Gasteiger partial charge in [0, 0.05) is 29.7 Å². The average Bonchev–Trinajstić information content (AvgIpc) is 2.86. The molecule has 0 saturated heterocycles. The van der Waals surface area contributed by atoms with Crippen molar-refractivity contribution in [2.75, 3.05) is 0 Å². The van der Waals surface area contributed by atoms with Gasteiger partial charge in [0.05, 0.1) is 12.7 Å². The lowest BCUT2D eigenvalue weighted by Gasteiger charge is -2.12. The molecule has 0 aliphatic heterocycles. The van der Waals surface area contributed by atoms with E-state index >= 15 is 0 Å². The van der Waals surface area contributed by atoms with Crippen LogP contribution in [0.3, 0.4) is 0 Å². The van der Waals surface area contributed by atoms with E-state index in [4.69, 9.17) is 0 Å². The maximum Gasteiger partial charge on any atom is 0.0696 e. The molecule has 2 rings (SSSR count). The van der Waals surface area contributed by atoms with Gasteiger partial charge < -0.3 is 0 Å². The van der Waals surface area contributed by atoms with E-state index in [1.807, 2.05) is 23.1 Å². The third kappa shape index (κ3) is 2.25. The highest BCUT2D eigenvalue weighted by Gasteiger charge is 2.14. The number of hydrogen-bond donors (Lipinski definition) is 0. The Morgan fingerprint density at radius 1 is 1.24 bits per heavy atom. The molecule has 0 spiro atoms. The second-order valence-electron chi connectivity index (χ2n) is 4.66. The first kappa shape index (κ1) is 11.9. The molecule has 0 unspecified atom stereocenters. The quantitative estimate of drug-likeness (QED) is 0.812. The highest BCUT2D eigenvalue weighted by atomic mass is 15.3. The zero-order valence-electron chi connectivity index (χ0n) is 11.0. The molecule has 2 aromatic rings. The summed E-state index contributed by atoms with van der Waals surface area (Å²) < 4.78 is 4.10. The van der Waals surface area contributed by atoms with Crippen LogP contribution in [0.2, 0.25) is 0 Å². The smallest absolute Gasteiger partial charge is 0.0696 e. The minimum atomic E-state index is 0.489. The molecular weight excluding hydrogens is 212 g/mol. The second kappa shape index (κ2) is 4.73. The monoisotopic (exact) mass is 232 g/mol. The topological polar surface area (TPSA) is 35.6 Å². The van der Waals surface area contributed by atoms with Gasteiger partial charge in [-0.1, -0.05) is 13.8 Å². The van der Waals surface area contributed by atoms with Crippen molar-refractivity contribution in [3.8, 4) is 0 Å². The SMILES string of the molecule is CCn1ncc(Cn2nccc2C)c1C(C)C. The third-order valence-corrected chi connectivity index (χ3v) is 3.06. The molecule has 0 radical (unpaired) electrons. The van der Waals surface area contributed by atoms with Crippen LogP contribution in [0.1, 0.15) is 43.6 Å². The van der Waals surface area contributed by atoms with Crippen molar-refractivity contribution in [3.63, 3.8) is 0 Å². The number of aryl methyl sites for hydroxylation is 2. The predicted octanol–water partition coefficient (Wildman–Crippen LogP) is 2.58. The molecule has 2 aromatic heterocycles. The Morgan fingerprint density at radius 2 is 2.00 bits per heavy atom. The van der Waals surface area contributed by atoms with Crippen LogP contribution in [-0.4, -0.2) is 19.6 Å². The van der Waals surface area contributed by atoms with E-state index in [2.05, 4.69) is 42.6 Å². The van der Waals surface area contributed by atoms with Crippen LogP contribution in [0.4, 0.5) is 0 Å². The summed E-state index contributed by atoms with van der Waals surface area (Å²) in [7, 11) is 0. The van der Waals surface area contributed by atoms with Gasteiger partial charge in [-0.05, 0) is 25.8 Å². The summed E-state index contributed by atoms with van der Waals surface area (Å²) in [5, 5.41) is 8.77. The predicted molar refractivity (Wildman–Crippen MR) is 68.1 cm³/mol. The number of aromatic nitrogens is 4. The molecule has 0 N–H and O–H groups in total. The fourth-order valence-electron chi connectivity index (χ4n) is 2.20. The fourth-order valence-corrected chi connectivity index (χ4v) is 2.20. The van der Waals surface area contributed by atoms with E-state index in [1.54, 1.807) is 0 Å². The highest BCUT2D eigenvalue weighted by molar-refractivity contribution is 5.22. The van der Waals surface area contributed by atoms with Gasteiger partial charge >= 0.3 is 0 Å². The van der Waals surface area contributed by atoms with Gasteiger partial charge in [-0.2, -0.15) is 10.2 Å². The standard InChI is InChI=1S/C13H20N4/c1-5-16-13(10(2)3)12(8-15-16)9-17-11(4)6-7-14-17/h6-8,10H,5,9H2,1-4H3. The third-order valence-electron chi connectivity index (χ3n) is 3.06. The lowest BCUT2D eigenvalue weighted by molar-refractivity contribution is 0.587. The second-order valence-corrected chi connectivity index (χ2v) is 4.66. The van der Waals surface area contributed by atoms with Crippen molar-refractivity contribution in [2.24, 2.45) is 0 Å². The molecule has 0 amide bonds. The van der Waals surface area contributed by atoms with Crippen LogP contribution in [0, 0.1) is 6.92 Å². The lowest BCUT2D eigenvalue weighted by Crippen LogP contribution is -2.09. The maximum atomic E-state index is 4.44. The number of hydrogen-bond acceptors (Lipinski definition) is 2. The summed E-state index contributed by atoms with van der Waals surface area (Å²) >= 11 is 0. The molecule has 0 aromatic carbocycles. The van der Waals surface area contributed by atoms with Crippen LogP contribution >= 0.6 is 0 Å². The van der Waals surface area contributed by atoms with Crippen LogP contribution in [0.25, 0.3) is 0 Å². The Morgan fingerprint density at radius 3 is 2.53 bits per heavy atom. The van der Waals surface area contributed by atoms with E-state index in [1.165, 1.54) is 17.0 Å². The molecule has 0 aliphatic carbocycles. The zero-order valence-corrected chi connectivity index (χ0v) is 11.0. The largest absolute Gasteiger partial charge is 0.269 e. The van der Waals surface area contributed by atoms with Crippen LogP contribution in [0.5, 0.6) is 0 Å². The normalized spacial score (nSPS) is 11.4. The van der Waals surface area contributed by atoms with Crippen LogP contribution in [-0.2, 0) is 13.1 Å². The Bertz CT molecular complexity index is 493. The van der Waals surface area contributed by atoms with Gasteiger partial charge in [0.2, 0.25) is 0 Å². The summed E-state index contributed by atoms with van der Waals surface area (Å²) in [6, 6.07) is 2.03. The number of rotatable bonds is 4. The van der Waals surface area contributed by atoms with E-state index in [0.29, 0.717) is 5.92 Å².